The van der Waals surface area contributed by atoms with Crippen molar-refractivity contribution in [3.63, 3.8) is 0 Å². The Labute approximate surface area is 69.2 Å². The maximum Gasteiger partial charge on any atom is 0.0445 e. The molecule has 0 spiro atoms. The Morgan fingerprint density at radius 1 is 1.27 bits per heavy atom. The summed E-state index contributed by atoms with van der Waals surface area (Å²) in [6, 6.07) is 0.584. The van der Waals surface area contributed by atoms with E-state index in [0.717, 1.165) is 6.42 Å². The molecule has 2 heteroatoms. The predicted octanol–water partition coefficient (Wildman–Crippen LogP) is 1.24. The Bertz CT molecular complexity index is 99.7. The van der Waals surface area contributed by atoms with Crippen molar-refractivity contribution >= 4 is 0 Å². The van der Waals surface area contributed by atoms with Gasteiger partial charge in [0.05, 0.1) is 0 Å². The van der Waals surface area contributed by atoms with E-state index in [0.29, 0.717) is 12.6 Å². The van der Waals surface area contributed by atoms with E-state index in [9.17, 15) is 0 Å². The van der Waals surface area contributed by atoms with Gasteiger partial charge in [0.25, 0.3) is 0 Å². The van der Waals surface area contributed by atoms with Crippen molar-refractivity contribution in [2.75, 3.05) is 19.7 Å². The van der Waals surface area contributed by atoms with Gasteiger partial charge in [0, 0.05) is 12.6 Å². The lowest BCUT2D eigenvalue weighted by atomic mass is 10.1. The van der Waals surface area contributed by atoms with Crippen molar-refractivity contribution in [2.45, 2.75) is 38.6 Å². The predicted molar refractivity (Wildman–Crippen MR) is 46.6 cm³/mol. The molecule has 0 bridgehead atoms. The van der Waals surface area contributed by atoms with E-state index >= 15 is 0 Å². The second-order valence-corrected chi connectivity index (χ2v) is 3.46. The van der Waals surface area contributed by atoms with Gasteiger partial charge in [0.1, 0.15) is 0 Å². The smallest absolute Gasteiger partial charge is 0.0445 e. The van der Waals surface area contributed by atoms with Gasteiger partial charge in [-0.2, -0.15) is 0 Å². The van der Waals surface area contributed by atoms with Crippen molar-refractivity contribution in [3.05, 3.63) is 0 Å². The summed E-state index contributed by atoms with van der Waals surface area (Å²) in [4.78, 5) is 2.49. The first-order valence-electron chi connectivity index (χ1n) is 4.69. The van der Waals surface area contributed by atoms with Crippen LogP contribution in [0.4, 0.5) is 0 Å². The lowest BCUT2D eigenvalue weighted by molar-refractivity contribution is 0.144. The van der Waals surface area contributed by atoms with Crippen LogP contribution in [0.2, 0.25) is 0 Å². The zero-order valence-corrected chi connectivity index (χ0v) is 7.42. The lowest BCUT2D eigenvalue weighted by Gasteiger charge is -2.31. The molecule has 1 atom stereocenters. The minimum absolute atomic E-state index is 0.331. The number of hydrogen-bond donors (Lipinski definition) is 1. The Morgan fingerprint density at radius 2 is 1.91 bits per heavy atom. The molecule has 0 aliphatic carbocycles. The molecule has 1 aliphatic rings. The second kappa shape index (κ2) is 4.73. The molecular weight excluding hydrogens is 138 g/mol. The molecular formula is C9H19NO. The van der Waals surface area contributed by atoms with Crippen LogP contribution in [0.3, 0.4) is 0 Å². The van der Waals surface area contributed by atoms with Crippen molar-refractivity contribution < 1.29 is 5.11 Å². The molecule has 0 aromatic carbocycles. The van der Waals surface area contributed by atoms with E-state index < -0.39 is 0 Å². The fraction of sp³-hybridized carbons (Fsp3) is 1.00. The quantitative estimate of drug-likeness (QED) is 0.666. The minimum atomic E-state index is 0.331. The van der Waals surface area contributed by atoms with Gasteiger partial charge < -0.3 is 10.0 Å². The molecule has 0 saturated carbocycles. The largest absolute Gasteiger partial charge is 0.396 e. The third kappa shape index (κ3) is 2.80. The lowest BCUT2D eigenvalue weighted by Crippen LogP contribution is -2.37. The van der Waals surface area contributed by atoms with E-state index in [2.05, 4.69) is 11.8 Å². The van der Waals surface area contributed by atoms with Gasteiger partial charge in [-0.3, -0.25) is 0 Å². The Kier molecular flexibility index (Phi) is 3.87. The minimum Gasteiger partial charge on any atom is -0.396 e. The van der Waals surface area contributed by atoms with Crippen LogP contribution in [0.5, 0.6) is 0 Å². The molecule has 1 saturated heterocycles. The van der Waals surface area contributed by atoms with Crippen LogP contribution in [0.25, 0.3) is 0 Å². The highest BCUT2D eigenvalue weighted by Gasteiger charge is 2.15. The van der Waals surface area contributed by atoms with Crippen molar-refractivity contribution in [1.82, 2.24) is 4.90 Å². The first kappa shape index (κ1) is 9.01. The highest BCUT2D eigenvalue weighted by Crippen LogP contribution is 2.13. The SMILES string of the molecule is CC(CCO)N1CCCCC1. The zero-order valence-electron chi connectivity index (χ0n) is 7.42. The van der Waals surface area contributed by atoms with E-state index in [4.69, 9.17) is 5.11 Å². The van der Waals surface area contributed by atoms with Crippen molar-refractivity contribution in [2.24, 2.45) is 0 Å². The molecule has 1 N–H and O–H groups in total. The maximum atomic E-state index is 8.74. The Morgan fingerprint density at radius 3 is 2.45 bits per heavy atom. The van der Waals surface area contributed by atoms with Gasteiger partial charge in [0.15, 0.2) is 0 Å². The summed E-state index contributed by atoms with van der Waals surface area (Å²) in [7, 11) is 0. The Balaban J connectivity index is 2.21. The first-order chi connectivity index (χ1) is 5.34. The fourth-order valence-electron chi connectivity index (χ4n) is 1.73. The summed E-state index contributed by atoms with van der Waals surface area (Å²) in [5.74, 6) is 0. The van der Waals surface area contributed by atoms with Gasteiger partial charge >= 0.3 is 0 Å². The van der Waals surface area contributed by atoms with Crippen LogP contribution < -0.4 is 0 Å². The number of hydrogen-bond acceptors (Lipinski definition) is 2. The average molecular weight is 157 g/mol. The monoisotopic (exact) mass is 157 g/mol. The third-order valence-corrected chi connectivity index (χ3v) is 2.56. The highest BCUT2D eigenvalue weighted by molar-refractivity contribution is 4.70. The average Bonchev–Trinajstić information content (AvgIpc) is 2.07. The number of aliphatic hydroxyl groups excluding tert-OH is 1. The molecule has 2 nitrogen and oxygen atoms in total. The summed E-state index contributed by atoms with van der Waals surface area (Å²) in [5, 5.41) is 8.74. The summed E-state index contributed by atoms with van der Waals surface area (Å²) in [6.07, 6.45) is 5.01. The molecule has 1 heterocycles. The third-order valence-electron chi connectivity index (χ3n) is 2.56. The van der Waals surface area contributed by atoms with E-state index in [1.54, 1.807) is 0 Å². The summed E-state index contributed by atoms with van der Waals surface area (Å²) in [5.41, 5.74) is 0. The number of piperidine rings is 1. The number of rotatable bonds is 3. The van der Waals surface area contributed by atoms with E-state index in [1.807, 2.05) is 0 Å². The molecule has 1 rings (SSSR count). The molecule has 0 radical (unpaired) electrons. The standard InChI is InChI=1S/C9H19NO/c1-9(5-8-11)10-6-3-2-4-7-10/h9,11H,2-8H2,1H3. The van der Waals surface area contributed by atoms with E-state index in [-0.39, 0.29) is 0 Å². The fourth-order valence-corrected chi connectivity index (χ4v) is 1.73. The van der Waals surface area contributed by atoms with Crippen LogP contribution in [0, 0.1) is 0 Å². The summed E-state index contributed by atoms with van der Waals surface area (Å²) >= 11 is 0. The summed E-state index contributed by atoms with van der Waals surface area (Å²) < 4.78 is 0. The van der Waals surface area contributed by atoms with E-state index in [1.165, 1.54) is 32.4 Å². The normalized spacial score (nSPS) is 23.5. The highest BCUT2D eigenvalue weighted by atomic mass is 16.3. The van der Waals surface area contributed by atoms with Crippen molar-refractivity contribution in [3.8, 4) is 0 Å². The molecule has 1 unspecified atom stereocenters. The number of nitrogens with zero attached hydrogens (tertiary/aromatic N) is 1. The molecule has 0 aromatic rings. The molecule has 66 valence electrons. The van der Waals surface area contributed by atoms with Crippen LogP contribution >= 0.6 is 0 Å². The molecule has 0 amide bonds. The van der Waals surface area contributed by atoms with Crippen LogP contribution in [0.1, 0.15) is 32.6 Å². The van der Waals surface area contributed by atoms with Gasteiger partial charge in [-0.1, -0.05) is 6.42 Å². The van der Waals surface area contributed by atoms with Gasteiger partial charge in [0.2, 0.25) is 0 Å². The zero-order chi connectivity index (χ0) is 8.10. The van der Waals surface area contributed by atoms with Gasteiger partial charge in [-0.15, -0.1) is 0 Å². The molecule has 0 aromatic heterocycles. The molecule has 1 aliphatic heterocycles. The second-order valence-electron chi connectivity index (χ2n) is 3.46. The molecule has 1 fully saturated rings. The van der Waals surface area contributed by atoms with Crippen LogP contribution in [0.15, 0.2) is 0 Å². The molecule has 11 heavy (non-hydrogen) atoms. The first-order valence-corrected chi connectivity index (χ1v) is 4.69. The van der Waals surface area contributed by atoms with Gasteiger partial charge in [-0.05, 0) is 39.3 Å². The van der Waals surface area contributed by atoms with Crippen LogP contribution in [-0.4, -0.2) is 35.7 Å². The maximum absolute atomic E-state index is 8.74. The number of aliphatic hydroxyl groups is 1. The summed E-state index contributed by atoms with van der Waals surface area (Å²) in [6.45, 7) is 5.02. The topological polar surface area (TPSA) is 23.5 Å². The Hall–Kier alpha value is -0.0800. The van der Waals surface area contributed by atoms with Crippen LogP contribution in [-0.2, 0) is 0 Å². The number of likely N-dealkylation sites (tertiary alicyclic amines) is 1. The van der Waals surface area contributed by atoms with Gasteiger partial charge in [-0.25, -0.2) is 0 Å². The van der Waals surface area contributed by atoms with Crippen molar-refractivity contribution in [1.29, 1.82) is 0 Å².